The Morgan fingerprint density at radius 1 is 1.38 bits per heavy atom. The van der Waals surface area contributed by atoms with Crippen molar-refractivity contribution >= 4 is 18.4 Å². The van der Waals surface area contributed by atoms with Gasteiger partial charge in [0.15, 0.2) is 0 Å². The monoisotopic (exact) mass is 235 g/mol. The summed E-state index contributed by atoms with van der Waals surface area (Å²) in [6.45, 7) is -5.22. The molecular weight excluding hydrogens is 227 g/mol. The second kappa shape index (κ2) is 4.55. The quantitative estimate of drug-likeness (QED) is 0.451. The molecule has 0 bridgehead atoms. The summed E-state index contributed by atoms with van der Waals surface area (Å²) in [7, 11) is 1.12. The van der Waals surface area contributed by atoms with Gasteiger partial charge in [0, 0.05) is 0 Å². The van der Waals surface area contributed by atoms with Gasteiger partial charge < -0.3 is 17.7 Å². The lowest BCUT2D eigenvalue weighted by atomic mass is 9.79. The molecule has 0 aromatic heterocycles. The molecule has 0 fully saturated rings. The first kappa shape index (κ1) is 12.5. The van der Waals surface area contributed by atoms with E-state index in [-0.39, 0.29) is 12.0 Å². The normalized spacial score (nSPS) is 11.3. The highest BCUT2D eigenvalue weighted by Gasteiger charge is 2.26. The Labute approximate surface area is 89.3 Å². The summed E-state index contributed by atoms with van der Waals surface area (Å²) in [5.74, 6) is -1.76. The largest absolute Gasteiger partial charge is 0.509 e. The maximum absolute atomic E-state index is 13.2. The van der Waals surface area contributed by atoms with Crippen LogP contribution in [0.1, 0.15) is 5.56 Å². The Morgan fingerprint density at radius 2 is 2.00 bits per heavy atom. The lowest BCUT2D eigenvalue weighted by molar-refractivity contribution is -0.139. The minimum absolute atomic E-state index is 0.115. The maximum Gasteiger partial charge on any atom is 0.509 e. The number of halogens is 4. The van der Waals surface area contributed by atoms with Crippen molar-refractivity contribution in [2.45, 2.75) is 6.42 Å². The molecule has 0 aliphatic carbocycles. The zero-order valence-electron chi connectivity index (χ0n) is 8.34. The van der Waals surface area contributed by atoms with E-state index in [0.29, 0.717) is 6.07 Å². The SMILES string of the molecule is COC(=O)Cc1ccc([B-](F)(F)F)cc1F. The molecule has 0 heterocycles. The molecule has 16 heavy (non-hydrogen) atoms. The van der Waals surface area contributed by atoms with Gasteiger partial charge in [0.2, 0.25) is 0 Å². The van der Waals surface area contributed by atoms with Crippen molar-refractivity contribution in [3.8, 4) is 0 Å². The van der Waals surface area contributed by atoms with Crippen LogP contribution in [0.2, 0.25) is 0 Å². The first-order valence-corrected chi connectivity index (χ1v) is 4.39. The summed E-state index contributed by atoms with van der Waals surface area (Å²) in [5, 5.41) is 0. The zero-order valence-corrected chi connectivity index (χ0v) is 8.34. The first-order chi connectivity index (χ1) is 7.34. The van der Waals surface area contributed by atoms with E-state index in [0.717, 1.165) is 19.2 Å². The molecule has 0 unspecified atom stereocenters. The number of rotatable bonds is 3. The molecule has 0 atom stereocenters. The van der Waals surface area contributed by atoms with Crippen molar-refractivity contribution in [1.82, 2.24) is 0 Å². The van der Waals surface area contributed by atoms with Gasteiger partial charge in [-0.05, 0) is 5.56 Å². The minimum Gasteiger partial charge on any atom is -0.469 e. The van der Waals surface area contributed by atoms with E-state index in [2.05, 4.69) is 4.74 Å². The average molecular weight is 235 g/mol. The van der Waals surface area contributed by atoms with Crippen molar-refractivity contribution in [1.29, 1.82) is 0 Å². The van der Waals surface area contributed by atoms with Crippen molar-refractivity contribution in [2.24, 2.45) is 0 Å². The third-order valence-corrected chi connectivity index (χ3v) is 2.02. The lowest BCUT2D eigenvalue weighted by Gasteiger charge is -2.15. The summed E-state index contributed by atoms with van der Waals surface area (Å²) >= 11 is 0. The van der Waals surface area contributed by atoms with Crippen molar-refractivity contribution in [3.05, 3.63) is 29.6 Å². The highest BCUT2D eigenvalue weighted by atomic mass is 19.4. The van der Waals surface area contributed by atoms with E-state index in [4.69, 9.17) is 0 Å². The summed E-state index contributed by atoms with van der Waals surface area (Å²) in [6, 6.07) is 2.08. The van der Waals surface area contributed by atoms with E-state index in [1.54, 1.807) is 0 Å². The highest BCUT2D eigenvalue weighted by molar-refractivity contribution is 6.73. The van der Waals surface area contributed by atoms with Crippen LogP contribution in [-0.4, -0.2) is 20.1 Å². The van der Waals surface area contributed by atoms with Gasteiger partial charge in [-0.15, -0.1) is 5.46 Å². The van der Waals surface area contributed by atoms with E-state index < -0.39 is 24.2 Å². The molecule has 1 rings (SSSR count). The number of carbonyl (C=O) groups is 1. The molecule has 0 spiro atoms. The standard InChI is InChI=1S/C9H8BF4O2/c1-16-9(15)4-6-2-3-7(5-8(6)11)10(12,13)14/h2-3,5H,4H2,1H3/q-1. The molecule has 0 aliphatic rings. The average Bonchev–Trinajstić information content (AvgIpc) is 2.19. The summed E-state index contributed by atoms with van der Waals surface area (Å²) in [4.78, 5) is 10.8. The molecule has 1 aromatic carbocycles. The molecule has 7 heteroatoms. The van der Waals surface area contributed by atoms with Gasteiger partial charge in [-0.3, -0.25) is 4.79 Å². The van der Waals surface area contributed by atoms with Crippen LogP contribution in [-0.2, 0) is 16.0 Å². The topological polar surface area (TPSA) is 26.3 Å². The fourth-order valence-electron chi connectivity index (χ4n) is 1.14. The van der Waals surface area contributed by atoms with Crippen LogP contribution in [0.5, 0.6) is 0 Å². The predicted octanol–water partition coefficient (Wildman–Crippen LogP) is 1.60. The lowest BCUT2D eigenvalue weighted by Crippen LogP contribution is -2.34. The predicted molar refractivity (Wildman–Crippen MR) is 50.8 cm³/mol. The first-order valence-electron chi connectivity index (χ1n) is 4.39. The molecule has 88 valence electrons. The number of carbonyl (C=O) groups excluding carboxylic acids is 1. The number of methoxy groups -OCH3 is 1. The summed E-state index contributed by atoms with van der Waals surface area (Å²) < 4.78 is 54.2. The molecule has 0 aliphatic heterocycles. The fourth-order valence-corrected chi connectivity index (χ4v) is 1.14. The van der Waals surface area contributed by atoms with Crippen molar-refractivity contribution in [3.63, 3.8) is 0 Å². The second-order valence-electron chi connectivity index (χ2n) is 3.18. The molecule has 0 saturated heterocycles. The van der Waals surface area contributed by atoms with Gasteiger partial charge in [-0.2, -0.15) is 0 Å². The van der Waals surface area contributed by atoms with Crippen LogP contribution >= 0.6 is 0 Å². The van der Waals surface area contributed by atoms with Gasteiger partial charge in [0.05, 0.1) is 13.5 Å². The Morgan fingerprint density at radius 3 is 2.44 bits per heavy atom. The van der Waals surface area contributed by atoms with E-state index in [1.165, 1.54) is 0 Å². The van der Waals surface area contributed by atoms with E-state index in [9.17, 15) is 22.1 Å². The molecule has 0 saturated carbocycles. The summed E-state index contributed by atoms with van der Waals surface area (Å²) in [6.07, 6.45) is -0.381. The van der Waals surface area contributed by atoms with Crippen LogP contribution in [0.15, 0.2) is 18.2 Å². The Balaban J connectivity index is 2.96. The zero-order chi connectivity index (χ0) is 12.3. The number of benzene rings is 1. The smallest absolute Gasteiger partial charge is 0.469 e. The van der Waals surface area contributed by atoms with Gasteiger partial charge in [0.1, 0.15) is 5.82 Å². The minimum atomic E-state index is -5.22. The molecule has 1 aromatic rings. The maximum atomic E-state index is 13.2. The number of hydrogen-bond donors (Lipinski definition) is 0. The van der Waals surface area contributed by atoms with Crippen LogP contribution in [0, 0.1) is 5.82 Å². The molecule has 0 amide bonds. The Bertz CT molecular complexity index is 403. The third-order valence-electron chi connectivity index (χ3n) is 2.02. The van der Waals surface area contributed by atoms with Crippen molar-refractivity contribution in [2.75, 3.05) is 7.11 Å². The molecule has 0 N–H and O–H groups in total. The summed E-state index contributed by atoms with van der Waals surface area (Å²) in [5.41, 5.74) is -1.14. The Kier molecular flexibility index (Phi) is 3.56. The second-order valence-corrected chi connectivity index (χ2v) is 3.18. The molecular formula is C9H8BF4O2-. The van der Waals surface area contributed by atoms with Gasteiger partial charge >= 0.3 is 12.9 Å². The highest BCUT2D eigenvalue weighted by Crippen LogP contribution is 2.13. The fraction of sp³-hybridized carbons (Fsp3) is 0.222. The van der Waals surface area contributed by atoms with Crippen LogP contribution < -0.4 is 5.46 Å². The van der Waals surface area contributed by atoms with Gasteiger partial charge in [-0.25, -0.2) is 4.39 Å². The van der Waals surface area contributed by atoms with Crippen LogP contribution in [0.4, 0.5) is 17.3 Å². The van der Waals surface area contributed by atoms with Gasteiger partial charge in [-0.1, -0.05) is 18.2 Å². The van der Waals surface area contributed by atoms with Crippen molar-refractivity contribution < 1.29 is 26.9 Å². The molecule has 0 radical (unpaired) electrons. The van der Waals surface area contributed by atoms with E-state index >= 15 is 0 Å². The Hall–Kier alpha value is -1.53. The third kappa shape index (κ3) is 2.98. The van der Waals surface area contributed by atoms with Crippen LogP contribution in [0.25, 0.3) is 0 Å². The molecule has 2 nitrogen and oxygen atoms in total. The number of ether oxygens (including phenoxy) is 1. The number of hydrogen-bond acceptors (Lipinski definition) is 2. The van der Waals surface area contributed by atoms with Crippen LogP contribution in [0.3, 0.4) is 0 Å². The van der Waals surface area contributed by atoms with Gasteiger partial charge in [0.25, 0.3) is 0 Å². The number of esters is 1. The van der Waals surface area contributed by atoms with E-state index in [1.807, 2.05) is 0 Å².